The predicted octanol–water partition coefficient (Wildman–Crippen LogP) is 0.281. The SMILES string of the molecule is C[C@H]1CN(c2nccn3cnnc23)C[C@H]1C(=O)O. The van der Waals surface area contributed by atoms with Gasteiger partial charge in [-0.1, -0.05) is 6.92 Å². The van der Waals surface area contributed by atoms with E-state index in [1.807, 2.05) is 11.8 Å². The van der Waals surface area contributed by atoms with Gasteiger partial charge < -0.3 is 10.0 Å². The van der Waals surface area contributed by atoms with Crippen molar-refractivity contribution < 1.29 is 9.90 Å². The minimum Gasteiger partial charge on any atom is -0.481 e. The summed E-state index contributed by atoms with van der Waals surface area (Å²) in [6, 6.07) is 0. The lowest BCUT2D eigenvalue weighted by atomic mass is 9.99. The fourth-order valence-electron chi connectivity index (χ4n) is 2.43. The molecule has 2 aromatic heterocycles. The molecule has 0 amide bonds. The van der Waals surface area contributed by atoms with Gasteiger partial charge in [-0.2, -0.15) is 0 Å². The minimum atomic E-state index is -0.751. The van der Waals surface area contributed by atoms with Crippen molar-refractivity contribution in [2.75, 3.05) is 18.0 Å². The fourth-order valence-corrected chi connectivity index (χ4v) is 2.43. The highest BCUT2D eigenvalue weighted by Crippen LogP contribution is 2.28. The first-order valence-corrected chi connectivity index (χ1v) is 5.79. The second-order valence-corrected chi connectivity index (χ2v) is 4.64. The molecular formula is C11H13N5O2. The zero-order chi connectivity index (χ0) is 12.7. The Bertz CT molecular complexity index is 596. The Labute approximate surface area is 103 Å². The number of aromatic nitrogens is 4. The first kappa shape index (κ1) is 10.9. The molecular weight excluding hydrogens is 234 g/mol. The molecule has 1 saturated heterocycles. The summed E-state index contributed by atoms with van der Waals surface area (Å²) in [4.78, 5) is 17.4. The zero-order valence-corrected chi connectivity index (χ0v) is 9.89. The number of anilines is 1. The Morgan fingerprint density at radius 3 is 3.06 bits per heavy atom. The van der Waals surface area contributed by atoms with Crippen LogP contribution in [0.4, 0.5) is 5.82 Å². The molecule has 0 spiro atoms. The van der Waals surface area contributed by atoms with E-state index in [1.165, 1.54) is 0 Å². The van der Waals surface area contributed by atoms with E-state index in [2.05, 4.69) is 15.2 Å². The Morgan fingerprint density at radius 2 is 2.33 bits per heavy atom. The number of carboxylic acid groups (broad SMARTS) is 1. The number of rotatable bonds is 2. The predicted molar refractivity (Wildman–Crippen MR) is 63.3 cm³/mol. The molecule has 7 heteroatoms. The van der Waals surface area contributed by atoms with Gasteiger partial charge in [-0.3, -0.25) is 9.20 Å². The van der Waals surface area contributed by atoms with Crippen molar-refractivity contribution in [3.8, 4) is 0 Å². The second-order valence-electron chi connectivity index (χ2n) is 4.64. The molecule has 0 unspecified atom stereocenters. The van der Waals surface area contributed by atoms with Crippen LogP contribution < -0.4 is 4.90 Å². The van der Waals surface area contributed by atoms with Crippen molar-refractivity contribution in [1.82, 2.24) is 19.6 Å². The van der Waals surface area contributed by atoms with E-state index in [0.29, 0.717) is 24.6 Å². The molecule has 0 bridgehead atoms. The summed E-state index contributed by atoms with van der Waals surface area (Å²) in [6.07, 6.45) is 5.05. The van der Waals surface area contributed by atoms with Gasteiger partial charge in [-0.15, -0.1) is 10.2 Å². The van der Waals surface area contributed by atoms with Crippen LogP contribution in [0, 0.1) is 11.8 Å². The lowest BCUT2D eigenvalue weighted by Gasteiger charge is -2.16. The molecule has 1 aliphatic heterocycles. The van der Waals surface area contributed by atoms with Crippen molar-refractivity contribution in [1.29, 1.82) is 0 Å². The maximum absolute atomic E-state index is 11.1. The van der Waals surface area contributed by atoms with Crippen molar-refractivity contribution in [2.24, 2.45) is 11.8 Å². The van der Waals surface area contributed by atoms with Gasteiger partial charge in [0.2, 0.25) is 5.65 Å². The number of hydrogen-bond donors (Lipinski definition) is 1. The normalized spacial score (nSPS) is 23.7. The van der Waals surface area contributed by atoms with Crippen LogP contribution in [0.1, 0.15) is 6.92 Å². The molecule has 0 aliphatic carbocycles. The van der Waals surface area contributed by atoms with Gasteiger partial charge in [-0.05, 0) is 5.92 Å². The smallest absolute Gasteiger partial charge is 0.308 e. The molecule has 0 radical (unpaired) electrons. The average molecular weight is 247 g/mol. The van der Waals surface area contributed by atoms with Crippen LogP contribution in [-0.4, -0.2) is 43.7 Å². The topological polar surface area (TPSA) is 83.6 Å². The fraction of sp³-hybridized carbons (Fsp3) is 0.455. The second kappa shape index (κ2) is 3.94. The first-order valence-electron chi connectivity index (χ1n) is 5.79. The van der Waals surface area contributed by atoms with Crippen LogP contribution >= 0.6 is 0 Å². The Kier molecular flexibility index (Phi) is 2.39. The highest BCUT2D eigenvalue weighted by molar-refractivity contribution is 5.73. The summed E-state index contributed by atoms with van der Waals surface area (Å²) in [5, 5.41) is 17.0. The summed E-state index contributed by atoms with van der Waals surface area (Å²) >= 11 is 0. The van der Waals surface area contributed by atoms with Gasteiger partial charge in [-0.25, -0.2) is 4.98 Å². The molecule has 18 heavy (non-hydrogen) atoms. The van der Waals surface area contributed by atoms with Gasteiger partial charge in [0, 0.05) is 25.5 Å². The van der Waals surface area contributed by atoms with Gasteiger partial charge in [0.1, 0.15) is 6.33 Å². The highest BCUT2D eigenvalue weighted by atomic mass is 16.4. The average Bonchev–Trinajstić information content (AvgIpc) is 2.94. The molecule has 2 atom stereocenters. The molecule has 7 nitrogen and oxygen atoms in total. The van der Waals surface area contributed by atoms with Crippen molar-refractivity contribution in [3.05, 3.63) is 18.7 Å². The third-order valence-electron chi connectivity index (χ3n) is 3.43. The molecule has 2 aromatic rings. The molecule has 0 saturated carbocycles. The summed E-state index contributed by atoms with van der Waals surface area (Å²) in [6.45, 7) is 3.09. The van der Waals surface area contributed by atoms with E-state index in [4.69, 9.17) is 5.11 Å². The summed E-state index contributed by atoms with van der Waals surface area (Å²) in [5.74, 6) is -0.300. The van der Waals surface area contributed by atoms with E-state index < -0.39 is 5.97 Å². The molecule has 3 rings (SSSR count). The molecule has 3 heterocycles. The van der Waals surface area contributed by atoms with E-state index in [0.717, 1.165) is 0 Å². The van der Waals surface area contributed by atoms with Gasteiger partial charge in [0.05, 0.1) is 5.92 Å². The van der Waals surface area contributed by atoms with Crippen LogP contribution in [0.2, 0.25) is 0 Å². The third-order valence-corrected chi connectivity index (χ3v) is 3.43. The van der Waals surface area contributed by atoms with Crippen molar-refractivity contribution >= 4 is 17.4 Å². The standard InChI is InChI=1S/C11H13N5O2/c1-7-4-16(5-8(7)11(17)18)9-10-14-13-6-15(10)3-2-12-9/h2-3,6-8H,4-5H2,1H3,(H,17,18)/t7-,8+/m0/s1. The molecule has 1 fully saturated rings. The number of hydrogen-bond acceptors (Lipinski definition) is 5. The Hall–Kier alpha value is -2.18. The van der Waals surface area contributed by atoms with E-state index in [-0.39, 0.29) is 11.8 Å². The van der Waals surface area contributed by atoms with E-state index in [1.54, 1.807) is 23.1 Å². The van der Waals surface area contributed by atoms with Crippen LogP contribution in [0.15, 0.2) is 18.7 Å². The van der Waals surface area contributed by atoms with Gasteiger partial charge in [0.25, 0.3) is 0 Å². The maximum atomic E-state index is 11.1. The first-order chi connectivity index (χ1) is 8.66. The van der Waals surface area contributed by atoms with E-state index in [9.17, 15) is 4.79 Å². The van der Waals surface area contributed by atoms with Crippen LogP contribution in [0.3, 0.4) is 0 Å². The Morgan fingerprint density at radius 1 is 1.50 bits per heavy atom. The lowest BCUT2D eigenvalue weighted by Crippen LogP contribution is -2.24. The van der Waals surface area contributed by atoms with Crippen LogP contribution in [-0.2, 0) is 4.79 Å². The third kappa shape index (κ3) is 1.59. The molecule has 94 valence electrons. The van der Waals surface area contributed by atoms with Gasteiger partial charge in [0.15, 0.2) is 5.82 Å². The van der Waals surface area contributed by atoms with Gasteiger partial charge >= 0.3 is 5.97 Å². The van der Waals surface area contributed by atoms with Crippen molar-refractivity contribution in [3.63, 3.8) is 0 Å². The maximum Gasteiger partial charge on any atom is 0.308 e. The number of fused-ring (bicyclic) bond motifs is 1. The number of nitrogens with zero attached hydrogens (tertiary/aromatic N) is 5. The summed E-state index contributed by atoms with van der Waals surface area (Å²) in [7, 11) is 0. The zero-order valence-electron chi connectivity index (χ0n) is 9.89. The minimum absolute atomic E-state index is 0.104. The molecule has 1 aliphatic rings. The summed E-state index contributed by atoms with van der Waals surface area (Å²) in [5.41, 5.74) is 0.663. The largest absolute Gasteiger partial charge is 0.481 e. The lowest BCUT2D eigenvalue weighted by molar-refractivity contribution is -0.142. The molecule has 1 N–H and O–H groups in total. The van der Waals surface area contributed by atoms with E-state index >= 15 is 0 Å². The summed E-state index contributed by atoms with van der Waals surface area (Å²) < 4.78 is 1.78. The monoisotopic (exact) mass is 247 g/mol. The number of aliphatic carboxylic acids is 1. The Balaban J connectivity index is 1.97. The van der Waals surface area contributed by atoms with Crippen LogP contribution in [0.25, 0.3) is 5.65 Å². The highest BCUT2D eigenvalue weighted by Gasteiger charge is 2.36. The molecule has 0 aromatic carbocycles. The quantitative estimate of drug-likeness (QED) is 0.820. The van der Waals surface area contributed by atoms with Crippen LogP contribution in [0.5, 0.6) is 0 Å². The number of carbonyl (C=O) groups is 1. The van der Waals surface area contributed by atoms with Crippen molar-refractivity contribution in [2.45, 2.75) is 6.92 Å². The number of carboxylic acids is 1.